The number of rotatable bonds is 4. The van der Waals surface area contributed by atoms with Gasteiger partial charge in [-0.05, 0) is 69.4 Å². The van der Waals surface area contributed by atoms with Gasteiger partial charge < -0.3 is 4.74 Å². The molecular weight excluding hydrogens is 445 g/mol. The summed E-state index contributed by atoms with van der Waals surface area (Å²) < 4.78 is 6.42. The van der Waals surface area contributed by atoms with Crippen LogP contribution in [0.15, 0.2) is 59.1 Å². The largest absolute Gasteiger partial charge is 0.495 e. The van der Waals surface area contributed by atoms with Gasteiger partial charge in [0, 0.05) is 15.6 Å². The smallest absolute Gasteiger partial charge is 0.140 e. The molecule has 3 aromatic carbocycles. The third-order valence-electron chi connectivity index (χ3n) is 4.45. The topological polar surface area (TPSA) is 33.0 Å². The number of nitrogens with zero attached hydrogens (tertiary/aromatic N) is 1. The Bertz CT molecular complexity index is 1030. The fourth-order valence-corrected chi connectivity index (χ4v) is 4.05. The number of hydrogen-bond donors (Lipinski definition) is 0. The monoisotopic (exact) mass is 459 g/mol. The molecule has 0 amide bonds. The number of hydrogen-bond acceptors (Lipinski definition) is 2. The maximum Gasteiger partial charge on any atom is 0.140 e. The van der Waals surface area contributed by atoms with Crippen LogP contribution >= 0.6 is 39.1 Å². The molecule has 0 spiro atoms. The SMILES string of the molecule is COc1c(Br)cccc1-c1cc(Cl)c(C(C#N)c2ccc(Cl)cc2)cc1C. The van der Waals surface area contributed by atoms with Crippen LogP contribution in [-0.2, 0) is 0 Å². The lowest BCUT2D eigenvalue weighted by Gasteiger charge is -2.17. The highest BCUT2D eigenvalue weighted by molar-refractivity contribution is 9.10. The van der Waals surface area contributed by atoms with Crippen molar-refractivity contribution >= 4 is 39.1 Å². The van der Waals surface area contributed by atoms with Crippen molar-refractivity contribution in [2.75, 3.05) is 7.11 Å². The van der Waals surface area contributed by atoms with Crippen LogP contribution in [0.3, 0.4) is 0 Å². The number of ether oxygens (including phenoxy) is 1. The van der Waals surface area contributed by atoms with Crippen molar-refractivity contribution < 1.29 is 4.74 Å². The summed E-state index contributed by atoms with van der Waals surface area (Å²) in [5.41, 5.74) is 4.56. The van der Waals surface area contributed by atoms with E-state index in [1.165, 1.54) is 0 Å². The number of para-hydroxylation sites is 1. The Labute approximate surface area is 177 Å². The molecule has 1 unspecified atom stereocenters. The molecule has 5 heteroatoms. The Kier molecular flexibility index (Phi) is 6.11. The van der Waals surface area contributed by atoms with Gasteiger partial charge in [-0.15, -0.1) is 0 Å². The molecule has 0 aromatic heterocycles. The van der Waals surface area contributed by atoms with Gasteiger partial charge in [-0.3, -0.25) is 0 Å². The average molecular weight is 461 g/mol. The van der Waals surface area contributed by atoms with E-state index < -0.39 is 5.92 Å². The summed E-state index contributed by atoms with van der Waals surface area (Å²) in [6.45, 7) is 2.01. The second-order valence-corrected chi connectivity index (χ2v) is 7.82. The van der Waals surface area contributed by atoms with E-state index in [2.05, 4.69) is 22.0 Å². The molecule has 0 saturated carbocycles. The van der Waals surface area contributed by atoms with Crippen molar-refractivity contribution in [3.63, 3.8) is 0 Å². The predicted octanol–water partition coefficient (Wildman–Crippen LogP) is 7.40. The van der Waals surface area contributed by atoms with Gasteiger partial charge in [0.15, 0.2) is 0 Å². The molecule has 2 nitrogen and oxygen atoms in total. The molecule has 0 fully saturated rings. The molecule has 0 aliphatic rings. The van der Waals surface area contributed by atoms with Gasteiger partial charge in [0.25, 0.3) is 0 Å². The van der Waals surface area contributed by atoms with Crippen LogP contribution in [-0.4, -0.2) is 7.11 Å². The van der Waals surface area contributed by atoms with Crippen LogP contribution in [0, 0.1) is 18.3 Å². The van der Waals surface area contributed by atoms with Crippen molar-refractivity contribution in [1.82, 2.24) is 0 Å². The fourth-order valence-electron chi connectivity index (χ4n) is 3.12. The highest BCUT2D eigenvalue weighted by Crippen LogP contribution is 2.41. The van der Waals surface area contributed by atoms with Crippen molar-refractivity contribution in [3.8, 4) is 22.9 Å². The molecule has 0 bridgehead atoms. The zero-order chi connectivity index (χ0) is 19.6. The van der Waals surface area contributed by atoms with E-state index in [0.717, 1.165) is 38.0 Å². The van der Waals surface area contributed by atoms with Crippen molar-refractivity contribution in [1.29, 1.82) is 5.26 Å². The molecule has 0 aliphatic heterocycles. The van der Waals surface area contributed by atoms with Crippen LogP contribution in [0.2, 0.25) is 10.0 Å². The van der Waals surface area contributed by atoms with Gasteiger partial charge in [-0.2, -0.15) is 5.26 Å². The van der Waals surface area contributed by atoms with Crippen molar-refractivity contribution in [3.05, 3.63) is 85.8 Å². The Hall–Kier alpha value is -1.99. The third-order valence-corrected chi connectivity index (χ3v) is 5.65. The highest BCUT2D eigenvalue weighted by atomic mass is 79.9. The molecule has 3 rings (SSSR count). The molecular formula is C22H16BrCl2NO. The first-order chi connectivity index (χ1) is 13.0. The van der Waals surface area contributed by atoms with Crippen molar-refractivity contribution in [2.45, 2.75) is 12.8 Å². The van der Waals surface area contributed by atoms with Gasteiger partial charge in [0.2, 0.25) is 0 Å². The van der Waals surface area contributed by atoms with E-state index in [-0.39, 0.29) is 0 Å². The molecule has 1 atom stereocenters. The normalized spacial score (nSPS) is 11.7. The summed E-state index contributed by atoms with van der Waals surface area (Å²) in [5, 5.41) is 10.9. The molecule has 136 valence electrons. The summed E-state index contributed by atoms with van der Waals surface area (Å²) in [6, 6.07) is 19.4. The first-order valence-corrected chi connectivity index (χ1v) is 9.79. The van der Waals surface area contributed by atoms with Gasteiger partial charge in [-0.25, -0.2) is 0 Å². The van der Waals surface area contributed by atoms with Gasteiger partial charge in [-0.1, -0.05) is 53.5 Å². The Balaban J connectivity index is 2.12. The summed E-state index contributed by atoms with van der Waals surface area (Å²) in [6.07, 6.45) is 0. The minimum absolute atomic E-state index is 0.466. The molecule has 0 aliphatic carbocycles. The maximum absolute atomic E-state index is 9.75. The zero-order valence-electron chi connectivity index (χ0n) is 14.8. The molecule has 3 aromatic rings. The highest BCUT2D eigenvalue weighted by Gasteiger charge is 2.20. The Morgan fingerprint density at radius 1 is 1.04 bits per heavy atom. The van der Waals surface area contributed by atoms with Crippen LogP contribution in [0.25, 0.3) is 11.1 Å². The van der Waals surface area contributed by atoms with E-state index in [1.807, 2.05) is 49.4 Å². The van der Waals surface area contributed by atoms with E-state index >= 15 is 0 Å². The minimum Gasteiger partial charge on any atom is -0.495 e. The molecule has 0 radical (unpaired) electrons. The lowest BCUT2D eigenvalue weighted by atomic mass is 9.89. The zero-order valence-corrected chi connectivity index (χ0v) is 17.9. The summed E-state index contributed by atoms with van der Waals surface area (Å²) in [4.78, 5) is 0. The van der Waals surface area contributed by atoms with Crippen LogP contribution in [0.4, 0.5) is 0 Å². The van der Waals surface area contributed by atoms with Crippen LogP contribution < -0.4 is 4.74 Å². The number of methoxy groups -OCH3 is 1. The molecule has 0 N–H and O–H groups in total. The summed E-state index contributed by atoms with van der Waals surface area (Å²) in [5.74, 6) is 0.283. The van der Waals surface area contributed by atoms with E-state index in [9.17, 15) is 5.26 Å². The molecule has 0 heterocycles. The van der Waals surface area contributed by atoms with Gasteiger partial charge in [0.05, 0.1) is 23.6 Å². The van der Waals surface area contributed by atoms with E-state index in [0.29, 0.717) is 10.0 Å². The first-order valence-electron chi connectivity index (χ1n) is 8.24. The van der Waals surface area contributed by atoms with Crippen LogP contribution in [0.1, 0.15) is 22.6 Å². The second kappa shape index (κ2) is 8.35. The van der Waals surface area contributed by atoms with Crippen molar-refractivity contribution in [2.24, 2.45) is 0 Å². The minimum atomic E-state index is -0.466. The Morgan fingerprint density at radius 3 is 2.37 bits per heavy atom. The lowest BCUT2D eigenvalue weighted by Crippen LogP contribution is -2.01. The van der Waals surface area contributed by atoms with Gasteiger partial charge >= 0.3 is 0 Å². The number of halogens is 3. The molecule has 27 heavy (non-hydrogen) atoms. The maximum atomic E-state index is 9.75. The first kappa shape index (κ1) is 19.8. The summed E-state index contributed by atoms with van der Waals surface area (Å²) in [7, 11) is 1.64. The van der Waals surface area contributed by atoms with Gasteiger partial charge in [0.1, 0.15) is 5.75 Å². The Morgan fingerprint density at radius 2 is 1.74 bits per heavy atom. The van der Waals surface area contributed by atoms with Crippen LogP contribution in [0.5, 0.6) is 5.75 Å². The molecule has 0 saturated heterocycles. The fraction of sp³-hybridized carbons (Fsp3) is 0.136. The van der Waals surface area contributed by atoms with E-state index in [4.69, 9.17) is 27.9 Å². The summed E-state index contributed by atoms with van der Waals surface area (Å²) >= 11 is 16.1. The van der Waals surface area contributed by atoms with E-state index in [1.54, 1.807) is 19.2 Å². The number of aryl methyl sites for hydroxylation is 1. The number of nitriles is 1. The number of benzene rings is 3. The average Bonchev–Trinajstić information content (AvgIpc) is 2.66. The second-order valence-electron chi connectivity index (χ2n) is 6.12. The lowest BCUT2D eigenvalue weighted by molar-refractivity contribution is 0.414. The quantitative estimate of drug-likeness (QED) is 0.406. The third kappa shape index (κ3) is 3.99. The predicted molar refractivity (Wildman–Crippen MR) is 115 cm³/mol. The standard InChI is InChI=1S/C22H16BrCl2NO/c1-13-10-18(19(12-26)14-6-8-15(24)9-7-14)21(25)11-17(13)16-4-3-5-20(23)22(16)27-2/h3-11,19H,1-2H3.